The lowest BCUT2D eigenvalue weighted by Gasteiger charge is -2.16. The molecule has 2 rings (SSSR count). The van der Waals surface area contributed by atoms with Crippen LogP contribution in [0.5, 0.6) is 0 Å². The fourth-order valence-electron chi connectivity index (χ4n) is 2.26. The van der Waals surface area contributed by atoms with Gasteiger partial charge in [-0.1, -0.05) is 0 Å². The molecule has 0 radical (unpaired) electrons. The van der Waals surface area contributed by atoms with Crippen molar-refractivity contribution >= 4 is 23.2 Å². The van der Waals surface area contributed by atoms with Crippen LogP contribution < -0.4 is 16.0 Å². The second kappa shape index (κ2) is 7.19. The fourth-order valence-corrected chi connectivity index (χ4v) is 2.26. The van der Waals surface area contributed by atoms with E-state index in [2.05, 4.69) is 5.32 Å². The highest BCUT2D eigenvalue weighted by Crippen LogP contribution is 2.23. The maximum absolute atomic E-state index is 11.9. The van der Waals surface area contributed by atoms with E-state index >= 15 is 0 Å². The van der Waals surface area contributed by atoms with Crippen LogP contribution in [-0.4, -0.2) is 38.1 Å². The van der Waals surface area contributed by atoms with E-state index in [1.807, 2.05) is 12.1 Å². The minimum atomic E-state index is -0.593. The average Bonchev–Trinajstić information content (AvgIpc) is 2.91. The Bertz CT molecular complexity index is 501. The molecule has 1 fully saturated rings. The quantitative estimate of drug-likeness (QED) is 0.822. The predicted molar refractivity (Wildman–Crippen MR) is 81.1 cm³/mol. The van der Waals surface area contributed by atoms with Crippen LogP contribution in [0.2, 0.25) is 0 Å². The molecule has 1 aromatic rings. The van der Waals surface area contributed by atoms with Gasteiger partial charge in [0.2, 0.25) is 11.8 Å². The Morgan fingerprint density at radius 1 is 1.43 bits per heavy atom. The fraction of sp³-hybridized carbons (Fsp3) is 0.467. The molecule has 1 atom stereocenters. The van der Waals surface area contributed by atoms with Crippen molar-refractivity contribution in [2.24, 2.45) is 5.73 Å². The number of anilines is 2. The van der Waals surface area contributed by atoms with Crippen molar-refractivity contribution in [3.05, 3.63) is 24.3 Å². The SMILES string of the molecule is COCCC(N)C(=O)Nc1ccc(N2CCCC2=O)cc1. The number of nitrogens with one attached hydrogen (secondary N) is 1. The molecule has 6 nitrogen and oxygen atoms in total. The molecule has 0 bridgehead atoms. The van der Waals surface area contributed by atoms with Crippen molar-refractivity contribution in [2.75, 3.05) is 30.5 Å². The van der Waals surface area contributed by atoms with E-state index in [4.69, 9.17) is 10.5 Å². The van der Waals surface area contributed by atoms with E-state index < -0.39 is 6.04 Å². The first kappa shape index (κ1) is 15.5. The molecule has 2 amide bonds. The number of amides is 2. The maximum Gasteiger partial charge on any atom is 0.241 e. The summed E-state index contributed by atoms with van der Waals surface area (Å²) in [5, 5.41) is 2.76. The molecular formula is C15H21N3O3. The minimum Gasteiger partial charge on any atom is -0.385 e. The van der Waals surface area contributed by atoms with Crippen molar-refractivity contribution in [1.29, 1.82) is 0 Å². The molecule has 1 unspecified atom stereocenters. The van der Waals surface area contributed by atoms with Crippen molar-refractivity contribution in [1.82, 2.24) is 0 Å². The topological polar surface area (TPSA) is 84.7 Å². The Morgan fingerprint density at radius 3 is 2.71 bits per heavy atom. The Labute approximate surface area is 124 Å². The molecule has 1 saturated heterocycles. The number of carbonyl (C=O) groups is 2. The van der Waals surface area contributed by atoms with Gasteiger partial charge in [0.1, 0.15) is 0 Å². The first-order chi connectivity index (χ1) is 10.1. The van der Waals surface area contributed by atoms with E-state index in [0.29, 0.717) is 25.1 Å². The normalized spacial score (nSPS) is 16.1. The Kier molecular flexibility index (Phi) is 5.30. The number of nitrogens with zero attached hydrogens (tertiary/aromatic N) is 1. The second-order valence-electron chi connectivity index (χ2n) is 5.07. The van der Waals surface area contributed by atoms with E-state index in [-0.39, 0.29) is 11.8 Å². The number of hydrogen-bond donors (Lipinski definition) is 2. The summed E-state index contributed by atoms with van der Waals surface area (Å²) >= 11 is 0. The lowest BCUT2D eigenvalue weighted by molar-refractivity contribution is -0.118. The van der Waals surface area contributed by atoms with Crippen LogP contribution in [0.3, 0.4) is 0 Å². The first-order valence-electron chi connectivity index (χ1n) is 7.07. The molecule has 0 aromatic heterocycles. The summed E-state index contributed by atoms with van der Waals surface area (Å²) in [6.07, 6.45) is 1.97. The van der Waals surface area contributed by atoms with E-state index in [1.165, 1.54) is 0 Å². The van der Waals surface area contributed by atoms with Crippen LogP contribution >= 0.6 is 0 Å². The molecule has 0 aliphatic carbocycles. The first-order valence-corrected chi connectivity index (χ1v) is 7.07. The lowest BCUT2D eigenvalue weighted by atomic mass is 10.2. The van der Waals surface area contributed by atoms with Gasteiger partial charge in [0.15, 0.2) is 0 Å². The number of methoxy groups -OCH3 is 1. The number of rotatable bonds is 6. The number of ether oxygens (including phenoxy) is 1. The van der Waals surface area contributed by atoms with Gasteiger partial charge >= 0.3 is 0 Å². The zero-order valence-electron chi connectivity index (χ0n) is 12.2. The second-order valence-corrected chi connectivity index (χ2v) is 5.07. The van der Waals surface area contributed by atoms with Gasteiger partial charge in [0.05, 0.1) is 6.04 Å². The van der Waals surface area contributed by atoms with Gasteiger partial charge < -0.3 is 20.7 Å². The van der Waals surface area contributed by atoms with Gasteiger partial charge in [0, 0.05) is 38.1 Å². The maximum atomic E-state index is 11.9. The number of nitrogens with two attached hydrogens (primary N) is 1. The summed E-state index contributed by atoms with van der Waals surface area (Å²) in [5.41, 5.74) is 7.28. The van der Waals surface area contributed by atoms with Crippen molar-refractivity contribution < 1.29 is 14.3 Å². The highest BCUT2D eigenvalue weighted by molar-refractivity contribution is 5.97. The molecular weight excluding hydrogens is 270 g/mol. The molecule has 3 N–H and O–H groups in total. The smallest absolute Gasteiger partial charge is 0.241 e. The van der Waals surface area contributed by atoms with Crippen molar-refractivity contribution in [3.63, 3.8) is 0 Å². The van der Waals surface area contributed by atoms with Crippen molar-refractivity contribution in [2.45, 2.75) is 25.3 Å². The van der Waals surface area contributed by atoms with Crippen LogP contribution in [0, 0.1) is 0 Å². The minimum absolute atomic E-state index is 0.147. The Balaban J connectivity index is 1.93. The van der Waals surface area contributed by atoms with Crippen molar-refractivity contribution in [3.8, 4) is 0 Å². The molecule has 6 heteroatoms. The highest BCUT2D eigenvalue weighted by Gasteiger charge is 2.21. The van der Waals surface area contributed by atoms with Gasteiger partial charge in [-0.05, 0) is 37.1 Å². The number of hydrogen-bond acceptors (Lipinski definition) is 4. The van der Waals surface area contributed by atoms with Crippen LogP contribution in [0.25, 0.3) is 0 Å². The van der Waals surface area contributed by atoms with Crippen LogP contribution in [0.4, 0.5) is 11.4 Å². The zero-order valence-corrected chi connectivity index (χ0v) is 12.2. The van der Waals surface area contributed by atoms with Crippen LogP contribution in [0.1, 0.15) is 19.3 Å². The highest BCUT2D eigenvalue weighted by atomic mass is 16.5. The monoisotopic (exact) mass is 291 g/mol. The Hall–Kier alpha value is -1.92. The third-order valence-electron chi connectivity index (χ3n) is 3.49. The summed E-state index contributed by atoms with van der Waals surface area (Å²) in [4.78, 5) is 25.3. The third kappa shape index (κ3) is 4.03. The molecule has 21 heavy (non-hydrogen) atoms. The number of benzene rings is 1. The number of carbonyl (C=O) groups excluding carboxylic acids is 2. The van der Waals surface area contributed by atoms with Gasteiger partial charge in [-0.3, -0.25) is 9.59 Å². The molecule has 114 valence electrons. The largest absolute Gasteiger partial charge is 0.385 e. The summed E-state index contributed by atoms with van der Waals surface area (Å²) in [5.74, 6) is -0.0922. The van der Waals surface area contributed by atoms with Gasteiger partial charge in [-0.25, -0.2) is 0 Å². The third-order valence-corrected chi connectivity index (χ3v) is 3.49. The van der Waals surface area contributed by atoms with Gasteiger partial charge in [0.25, 0.3) is 0 Å². The van der Waals surface area contributed by atoms with E-state index in [0.717, 1.165) is 18.7 Å². The molecule has 1 aliphatic rings. The molecule has 1 aromatic carbocycles. The average molecular weight is 291 g/mol. The van der Waals surface area contributed by atoms with Crippen LogP contribution in [0.15, 0.2) is 24.3 Å². The summed E-state index contributed by atoms with van der Waals surface area (Å²) < 4.78 is 4.90. The standard InChI is InChI=1S/C15H21N3O3/c1-21-10-8-13(16)15(20)17-11-4-6-12(7-5-11)18-9-2-3-14(18)19/h4-7,13H,2-3,8-10,16H2,1H3,(H,17,20). The molecule has 0 saturated carbocycles. The lowest BCUT2D eigenvalue weighted by Crippen LogP contribution is -2.36. The zero-order chi connectivity index (χ0) is 15.2. The Morgan fingerprint density at radius 2 is 2.14 bits per heavy atom. The van der Waals surface area contributed by atoms with E-state index in [9.17, 15) is 9.59 Å². The summed E-state index contributed by atoms with van der Waals surface area (Å²) in [7, 11) is 1.57. The van der Waals surface area contributed by atoms with Gasteiger partial charge in [-0.15, -0.1) is 0 Å². The molecule has 0 spiro atoms. The predicted octanol–water partition coefficient (Wildman–Crippen LogP) is 1.12. The molecule has 1 aliphatic heterocycles. The summed E-state index contributed by atoms with van der Waals surface area (Å²) in [6.45, 7) is 1.21. The summed E-state index contributed by atoms with van der Waals surface area (Å²) in [6, 6.07) is 6.63. The van der Waals surface area contributed by atoms with E-state index in [1.54, 1.807) is 24.1 Å². The van der Waals surface area contributed by atoms with Crippen LogP contribution in [-0.2, 0) is 14.3 Å². The molecule has 1 heterocycles. The van der Waals surface area contributed by atoms with Gasteiger partial charge in [-0.2, -0.15) is 0 Å².